The third-order valence-electron chi connectivity index (χ3n) is 3.77. The van der Waals surface area contributed by atoms with Gasteiger partial charge in [0, 0.05) is 11.4 Å². The van der Waals surface area contributed by atoms with Gasteiger partial charge in [-0.15, -0.1) is 0 Å². The quantitative estimate of drug-likeness (QED) is 0.677. The molecular weight excluding hydrogens is 272 g/mol. The molecule has 3 aromatic carbocycles. The van der Waals surface area contributed by atoms with Crippen LogP contribution in [0.4, 0.5) is 16.2 Å². The number of anilines is 2. The molecule has 110 valence electrons. The van der Waals surface area contributed by atoms with E-state index in [1.807, 2.05) is 74.5 Å². The van der Waals surface area contributed by atoms with E-state index < -0.39 is 0 Å². The molecule has 22 heavy (non-hydrogen) atoms. The summed E-state index contributed by atoms with van der Waals surface area (Å²) in [6.07, 6.45) is 0. The van der Waals surface area contributed by atoms with Gasteiger partial charge in [-0.2, -0.15) is 0 Å². The van der Waals surface area contributed by atoms with Crippen LogP contribution in [0.15, 0.2) is 60.7 Å². The van der Waals surface area contributed by atoms with Crippen molar-refractivity contribution in [1.82, 2.24) is 0 Å². The van der Waals surface area contributed by atoms with Crippen LogP contribution >= 0.6 is 0 Å². The smallest absolute Gasteiger partial charge is 0.308 e. The third kappa shape index (κ3) is 3.09. The van der Waals surface area contributed by atoms with E-state index in [0.29, 0.717) is 0 Å². The molecule has 0 aliphatic carbocycles. The number of aryl methyl sites for hydroxylation is 2. The Hall–Kier alpha value is -2.81. The number of hydrogen-bond donors (Lipinski definition) is 2. The van der Waals surface area contributed by atoms with Crippen molar-refractivity contribution in [3.05, 3.63) is 71.8 Å². The first-order valence-corrected chi connectivity index (χ1v) is 7.26. The Morgan fingerprint density at radius 2 is 1.36 bits per heavy atom. The Morgan fingerprint density at radius 1 is 0.727 bits per heavy atom. The second kappa shape index (κ2) is 5.90. The van der Waals surface area contributed by atoms with E-state index >= 15 is 0 Å². The number of nitrogens with one attached hydrogen (secondary N) is 2. The summed E-state index contributed by atoms with van der Waals surface area (Å²) in [6, 6.07) is 19.6. The van der Waals surface area contributed by atoms with Gasteiger partial charge in [-0.05, 0) is 60.0 Å². The molecular formula is C19H18N2O. The number of fused-ring (bicyclic) bond motifs is 1. The fourth-order valence-electron chi connectivity index (χ4n) is 2.38. The monoisotopic (exact) mass is 290 g/mol. The number of rotatable bonds is 2. The standard InChI is InChI=1S/C19H18N2O/c1-13-7-9-17(11-14(13)2)20-19(22)21-18-10-8-15-5-3-4-6-16(15)12-18/h3-12H,1-2H3,(H2,20,21,22). The molecule has 0 aliphatic heterocycles. The third-order valence-corrected chi connectivity index (χ3v) is 3.77. The average Bonchev–Trinajstić information content (AvgIpc) is 2.51. The van der Waals surface area contributed by atoms with Gasteiger partial charge in [0.2, 0.25) is 0 Å². The molecule has 0 saturated carbocycles. The van der Waals surface area contributed by atoms with Crippen LogP contribution in [0.1, 0.15) is 11.1 Å². The van der Waals surface area contributed by atoms with Crippen LogP contribution in [0.3, 0.4) is 0 Å². The first-order valence-electron chi connectivity index (χ1n) is 7.26. The molecule has 3 rings (SSSR count). The van der Waals surface area contributed by atoms with Crippen LogP contribution in [-0.2, 0) is 0 Å². The Bertz CT molecular complexity index is 840. The van der Waals surface area contributed by atoms with Crippen molar-refractivity contribution in [3.63, 3.8) is 0 Å². The van der Waals surface area contributed by atoms with Crippen molar-refractivity contribution < 1.29 is 4.79 Å². The summed E-state index contributed by atoms with van der Waals surface area (Å²) in [6.45, 7) is 4.08. The molecule has 0 atom stereocenters. The maximum atomic E-state index is 12.1. The fraction of sp³-hybridized carbons (Fsp3) is 0.105. The lowest BCUT2D eigenvalue weighted by atomic mass is 10.1. The topological polar surface area (TPSA) is 41.1 Å². The summed E-state index contributed by atoms with van der Waals surface area (Å²) in [7, 11) is 0. The van der Waals surface area contributed by atoms with Gasteiger partial charge in [-0.25, -0.2) is 4.79 Å². The summed E-state index contributed by atoms with van der Waals surface area (Å²) in [5, 5.41) is 7.98. The van der Waals surface area contributed by atoms with Crippen LogP contribution < -0.4 is 10.6 Å². The lowest BCUT2D eigenvalue weighted by Gasteiger charge is -2.10. The highest BCUT2D eigenvalue weighted by molar-refractivity contribution is 6.01. The van der Waals surface area contributed by atoms with E-state index in [0.717, 1.165) is 27.7 Å². The fourth-order valence-corrected chi connectivity index (χ4v) is 2.38. The lowest BCUT2D eigenvalue weighted by molar-refractivity contribution is 0.262. The summed E-state index contributed by atoms with van der Waals surface area (Å²) in [5.41, 5.74) is 3.94. The molecule has 0 aliphatic rings. The zero-order valence-electron chi connectivity index (χ0n) is 12.7. The predicted molar refractivity (Wildman–Crippen MR) is 92.5 cm³/mol. The highest BCUT2D eigenvalue weighted by Gasteiger charge is 2.04. The van der Waals surface area contributed by atoms with Crippen molar-refractivity contribution in [2.75, 3.05) is 10.6 Å². The Kier molecular flexibility index (Phi) is 3.79. The van der Waals surface area contributed by atoms with Gasteiger partial charge in [-0.3, -0.25) is 0 Å². The van der Waals surface area contributed by atoms with E-state index in [4.69, 9.17) is 0 Å². The van der Waals surface area contributed by atoms with Crippen molar-refractivity contribution in [1.29, 1.82) is 0 Å². The normalized spacial score (nSPS) is 10.5. The average molecular weight is 290 g/mol. The molecule has 0 spiro atoms. The molecule has 0 heterocycles. The van der Waals surface area contributed by atoms with Crippen LogP contribution in [0.2, 0.25) is 0 Å². The van der Waals surface area contributed by atoms with Gasteiger partial charge in [0.05, 0.1) is 0 Å². The van der Waals surface area contributed by atoms with Gasteiger partial charge in [0.1, 0.15) is 0 Å². The number of benzene rings is 3. The molecule has 0 radical (unpaired) electrons. The van der Waals surface area contributed by atoms with E-state index in [1.165, 1.54) is 5.56 Å². The van der Waals surface area contributed by atoms with Gasteiger partial charge >= 0.3 is 6.03 Å². The summed E-state index contributed by atoms with van der Waals surface area (Å²) in [5.74, 6) is 0. The number of urea groups is 1. The Labute approximate surface area is 130 Å². The lowest BCUT2D eigenvalue weighted by Crippen LogP contribution is -2.19. The first kappa shape index (κ1) is 14.1. The molecule has 2 amide bonds. The maximum absolute atomic E-state index is 12.1. The molecule has 0 unspecified atom stereocenters. The molecule has 0 bridgehead atoms. The number of carbonyl (C=O) groups is 1. The number of amides is 2. The van der Waals surface area contributed by atoms with Gasteiger partial charge in [0.15, 0.2) is 0 Å². The van der Waals surface area contributed by atoms with Crippen LogP contribution in [0, 0.1) is 13.8 Å². The van der Waals surface area contributed by atoms with Gasteiger partial charge < -0.3 is 10.6 Å². The first-order chi connectivity index (χ1) is 10.6. The largest absolute Gasteiger partial charge is 0.323 e. The molecule has 0 fully saturated rings. The molecule has 3 aromatic rings. The van der Waals surface area contributed by atoms with Crippen molar-refractivity contribution >= 4 is 28.2 Å². The van der Waals surface area contributed by atoms with Crippen LogP contribution in [0.5, 0.6) is 0 Å². The molecule has 0 aromatic heterocycles. The zero-order chi connectivity index (χ0) is 15.5. The highest BCUT2D eigenvalue weighted by Crippen LogP contribution is 2.19. The van der Waals surface area contributed by atoms with Crippen molar-refractivity contribution in [2.24, 2.45) is 0 Å². The van der Waals surface area contributed by atoms with Gasteiger partial charge in [0.25, 0.3) is 0 Å². The molecule has 3 nitrogen and oxygen atoms in total. The van der Waals surface area contributed by atoms with Crippen LogP contribution in [0.25, 0.3) is 10.8 Å². The second-order valence-corrected chi connectivity index (χ2v) is 5.44. The molecule has 2 N–H and O–H groups in total. The maximum Gasteiger partial charge on any atom is 0.323 e. The van der Waals surface area contributed by atoms with E-state index in [1.54, 1.807) is 0 Å². The predicted octanol–water partition coefficient (Wildman–Crippen LogP) is 5.10. The SMILES string of the molecule is Cc1ccc(NC(=O)Nc2ccc3ccccc3c2)cc1C. The van der Waals surface area contributed by atoms with E-state index in [2.05, 4.69) is 10.6 Å². The van der Waals surface area contributed by atoms with Crippen LogP contribution in [-0.4, -0.2) is 6.03 Å². The Balaban J connectivity index is 1.73. The minimum Gasteiger partial charge on any atom is -0.308 e. The molecule has 3 heteroatoms. The summed E-state index contributed by atoms with van der Waals surface area (Å²) in [4.78, 5) is 12.1. The summed E-state index contributed by atoms with van der Waals surface area (Å²) >= 11 is 0. The van der Waals surface area contributed by atoms with E-state index in [-0.39, 0.29) is 6.03 Å². The van der Waals surface area contributed by atoms with E-state index in [9.17, 15) is 4.79 Å². The summed E-state index contributed by atoms with van der Waals surface area (Å²) < 4.78 is 0. The van der Waals surface area contributed by atoms with Gasteiger partial charge in [-0.1, -0.05) is 36.4 Å². The molecule has 0 saturated heterocycles. The highest BCUT2D eigenvalue weighted by atomic mass is 16.2. The number of hydrogen-bond acceptors (Lipinski definition) is 1. The zero-order valence-corrected chi connectivity index (χ0v) is 12.7. The minimum atomic E-state index is -0.237. The Morgan fingerprint density at radius 3 is 2.09 bits per heavy atom. The second-order valence-electron chi connectivity index (χ2n) is 5.44. The number of carbonyl (C=O) groups excluding carboxylic acids is 1. The van der Waals surface area contributed by atoms with Crippen molar-refractivity contribution in [3.8, 4) is 0 Å². The van der Waals surface area contributed by atoms with Crippen molar-refractivity contribution in [2.45, 2.75) is 13.8 Å². The minimum absolute atomic E-state index is 0.237.